The van der Waals surface area contributed by atoms with Crippen LogP contribution in [0.2, 0.25) is 0 Å². The third kappa shape index (κ3) is 2.65. The molecule has 0 aromatic carbocycles. The molecule has 0 saturated carbocycles. The number of fused-ring (bicyclic) bond motifs is 3. The van der Waals surface area contributed by atoms with E-state index in [0.717, 1.165) is 37.3 Å². The van der Waals surface area contributed by atoms with E-state index in [4.69, 9.17) is 0 Å². The van der Waals surface area contributed by atoms with Gasteiger partial charge in [0.15, 0.2) is 0 Å². The molecule has 1 aromatic rings. The normalized spacial score (nSPS) is 20.7. The van der Waals surface area contributed by atoms with Crippen LogP contribution in [-0.2, 0) is 4.79 Å². The number of hydrogen-bond acceptors (Lipinski definition) is 3. The van der Waals surface area contributed by atoms with Gasteiger partial charge >= 0.3 is 12.0 Å². The second-order valence-electron chi connectivity index (χ2n) is 7.02. The fourth-order valence-corrected chi connectivity index (χ4v) is 3.65. The number of imide groups is 1. The van der Waals surface area contributed by atoms with Gasteiger partial charge in [0.25, 0.3) is 5.91 Å². The molecular weight excluding hydrogens is 318 g/mol. The average molecular weight is 346 g/mol. The van der Waals surface area contributed by atoms with Crippen LogP contribution >= 0.6 is 0 Å². The second kappa shape index (κ2) is 6.61. The van der Waals surface area contributed by atoms with Crippen LogP contribution in [0.25, 0.3) is 0 Å². The Kier molecular flexibility index (Phi) is 4.67. The Hall–Kier alpha value is -2.18. The van der Waals surface area contributed by atoms with Gasteiger partial charge in [0, 0.05) is 13.6 Å². The van der Waals surface area contributed by atoms with Crippen molar-refractivity contribution in [1.82, 2.24) is 14.4 Å². The lowest BCUT2D eigenvalue weighted by Gasteiger charge is -2.33. The highest BCUT2D eigenvalue weighted by Crippen LogP contribution is 2.31. The first-order chi connectivity index (χ1) is 11.9. The standard InChI is InChI=1S/C18H28N5O2/c1-6-8-9-10-21-16(24)14-15(20(5)18(21)25)19-17-22(14)11-13(4)23(17)12(3)7-2/h11-12,14H,6-10H2,1-5H3/q+1. The van der Waals surface area contributed by atoms with Crippen molar-refractivity contribution >= 4 is 23.7 Å². The molecule has 2 atom stereocenters. The van der Waals surface area contributed by atoms with Crippen LogP contribution in [0.3, 0.4) is 0 Å². The quantitative estimate of drug-likeness (QED) is 0.587. The number of urea groups is 1. The van der Waals surface area contributed by atoms with E-state index in [1.165, 1.54) is 9.80 Å². The topological polar surface area (TPSA) is 61.8 Å². The second-order valence-corrected chi connectivity index (χ2v) is 7.02. The SMILES string of the molecule is CCCCCN1C(=O)C2C(=Nc3n(C(C)CC)c(C)c[n+]32)N(C)C1=O. The van der Waals surface area contributed by atoms with Gasteiger partial charge in [-0.15, -0.1) is 0 Å². The molecule has 1 aromatic heterocycles. The van der Waals surface area contributed by atoms with Crippen LogP contribution in [0.5, 0.6) is 0 Å². The Morgan fingerprint density at radius 3 is 2.64 bits per heavy atom. The average Bonchev–Trinajstić information content (AvgIpc) is 3.10. The Labute approximate surface area is 148 Å². The number of aryl methyl sites for hydroxylation is 1. The number of aliphatic imine (C=N–C) groups is 1. The van der Waals surface area contributed by atoms with Crippen molar-refractivity contribution in [3.63, 3.8) is 0 Å². The molecule has 0 N–H and O–H groups in total. The highest BCUT2D eigenvalue weighted by molar-refractivity contribution is 6.19. The van der Waals surface area contributed by atoms with E-state index in [1.54, 1.807) is 7.05 Å². The van der Waals surface area contributed by atoms with Gasteiger partial charge in [-0.1, -0.05) is 31.7 Å². The summed E-state index contributed by atoms with van der Waals surface area (Å²) in [7, 11) is 1.71. The number of hydrogen-bond donors (Lipinski definition) is 0. The fraction of sp³-hybridized carbons (Fsp3) is 0.667. The van der Waals surface area contributed by atoms with Crippen molar-refractivity contribution in [3.8, 4) is 0 Å². The number of rotatable bonds is 6. The Bertz CT molecular complexity index is 736. The van der Waals surface area contributed by atoms with Crippen LogP contribution in [0.15, 0.2) is 11.2 Å². The predicted octanol–water partition coefficient (Wildman–Crippen LogP) is 2.72. The molecule has 7 nitrogen and oxygen atoms in total. The number of carbonyl (C=O) groups is 2. The van der Waals surface area contributed by atoms with Crippen LogP contribution in [0, 0.1) is 6.92 Å². The number of imidazole rings is 1. The van der Waals surface area contributed by atoms with E-state index in [0.29, 0.717) is 12.4 Å². The predicted molar refractivity (Wildman–Crippen MR) is 94.9 cm³/mol. The summed E-state index contributed by atoms with van der Waals surface area (Å²) >= 11 is 0. The Morgan fingerprint density at radius 2 is 2.00 bits per heavy atom. The number of amides is 3. The minimum absolute atomic E-state index is 0.164. The highest BCUT2D eigenvalue weighted by Gasteiger charge is 2.53. The zero-order valence-electron chi connectivity index (χ0n) is 15.8. The van der Waals surface area contributed by atoms with Gasteiger partial charge in [0.1, 0.15) is 11.9 Å². The number of unbranched alkanes of at least 4 members (excludes halogenated alkanes) is 2. The van der Waals surface area contributed by atoms with E-state index < -0.39 is 6.04 Å². The summed E-state index contributed by atoms with van der Waals surface area (Å²) in [5, 5.41) is 0. The summed E-state index contributed by atoms with van der Waals surface area (Å²) in [6.07, 6.45) is 5.86. The number of carbonyl (C=O) groups excluding carboxylic acids is 2. The molecule has 2 aliphatic rings. The minimum atomic E-state index is -0.525. The number of nitrogens with zero attached hydrogens (tertiary/aromatic N) is 5. The molecule has 136 valence electrons. The van der Waals surface area contributed by atoms with Gasteiger partial charge in [0.2, 0.25) is 11.9 Å². The molecule has 1 fully saturated rings. The molecule has 0 bridgehead atoms. The van der Waals surface area contributed by atoms with Crippen molar-refractivity contribution in [2.45, 2.75) is 65.5 Å². The number of likely N-dealkylation sites (N-methyl/N-ethyl adjacent to an activating group) is 1. The van der Waals surface area contributed by atoms with Crippen molar-refractivity contribution in [1.29, 1.82) is 0 Å². The first kappa shape index (κ1) is 17.6. The molecule has 0 radical (unpaired) electrons. The molecule has 1 saturated heterocycles. The molecule has 2 aliphatic heterocycles. The van der Waals surface area contributed by atoms with Crippen LogP contribution in [0.1, 0.15) is 64.2 Å². The molecular formula is C18H28N5O2+. The van der Waals surface area contributed by atoms with Gasteiger partial charge in [-0.25, -0.2) is 13.9 Å². The van der Waals surface area contributed by atoms with Gasteiger partial charge in [0.05, 0.1) is 6.04 Å². The molecule has 3 amide bonds. The molecule has 3 heterocycles. The van der Waals surface area contributed by atoms with E-state index in [2.05, 4.69) is 30.3 Å². The maximum Gasteiger partial charge on any atom is 0.402 e. The van der Waals surface area contributed by atoms with Crippen molar-refractivity contribution < 1.29 is 14.2 Å². The monoisotopic (exact) mass is 346 g/mol. The zero-order valence-corrected chi connectivity index (χ0v) is 15.8. The van der Waals surface area contributed by atoms with Gasteiger partial charge in [-0.05, 0) is 26.7 Å². The largest absolute Gasteiger partial charge is 0.402 e. The first-order valence-electron chi connectivity index (χ1n) is 9.22. The lowest BCUT2D eigenvalue weighted by molar-refractivity contribution is -0.677. The lowest BCUT2D eigenvalue weighted by atomic mass is 10.1. The summed E-state index contributed by atoms with van der Waals surface area (Å²) in [6.45, 7) is 8.89. The third-order valence-corrected chi connectivity index (χ3v) is 5.27. The molecule has 0 aliphatic carbocycles. The van der Waals surface area contributed by atoms with Crippen LogP contribution < -0.4 is 4.57 Å². The molecule has 25 heavy (non-hydrogen) atoms. The van der Waals surface area contributed by atoms with Gasteiger partial charge in [-0.2, -0.15) is 0 Å². The summed E-state index contributed by atoms with van der Waals surface area (Å²) < 4.78 is 4.08. The van der Waals surface area contributed by atoms with Gasteiger partial charge in [-0.3, -0.25) is 14.6 Å². The van der Waals surface area contributed by atoms with Crippen LogP contribution in [-0.4, -0.2) is 45.7 Å². The van der Waals surface area contributed by atoms with Crippen molar-refractivity contribution in [2.75, 3.05) is 13.6 Å². The first-order valence-corrected chi connectivity index (χ1v) is 9.22. The summed E-state index contributed by atoms with van der Waals surface area (Å²) in [5.74, 6) is 1.13. The Balaban J connectivity index is 1.99. The number of aromatic nitrogens is 2. The van der Waals surface area contributed by atoms with Crippen molar-refractivity contribution in [3.05, 3.63) is 11.9 Å². The fourth-order valence-electron chi connectivity index (χ4n) is 3.65. The number of amidine groups is 1. The molecule has 3 rings (SSSR count). The van der Waals surface area contributed by atoms with E-state index in [-0.39, 0.29) is 18.0 Å². The maximum atomic E-state index is 13.0. The summed E-state index contributed by atoms with van der Waals surface area (Å²) in [4.78, 5) is 33.3. The third-order valence-electron chi connectivity index (χ3n) is 5.27. The van der Waals surface area contributed by atoms with E-state index in [9.17, 15) is 9.59 Å². The molecule has 7 heteroatoms. The van der Waals surface area contributed by atoms with E-state index in [1.807, 2.05) is 17.7 Å². The highest BCUT2D eigenvalue weighted by atomic mass is 16.2. The van der Waals surface area contributed by atoms with Gasteiger partial charge < -0.3 is 0 Å². The maximum absolute atomic E-state index is 13.0. The van der Waals surface area contributed by atoms with E-state index >= 15 is 0 Å². The van der Waals surface area contributed by atoms with Crippen molar-refractivity contribution in [2.24, 2.45) is 4.99 Å². The Morgan fingerprint density at radius 1 is 1.28 bits per heavy atom. The summed E-state index contributed by atoms with van der Waals surface area (Å²) in [5.41, 5.74) is 1.08. The summed E-state index contributed by atoms with van der Waals surface area (Å²) in [6, 6.07) is -0.505. The zero-order chi connectivity index (χ0) is 18.3. The lowest BCUT2D eigenvalue weighted by Crippen LogP contribution is -2.62. The smallest absolute Gasteiger partial charge is 0.270 e. The minimum Gasteiger partial charge on any atom is -0.270 e. The van der Waals surface area contributed by atoms with Crippen LogP contribution in [0.4, 0.5) is 10.7 Å². The molecule has 2 unspecified atom stereocenters. The molecule has 0 spiro atoms.